The van der Waals surface area contributed by atoms with Crippen molar-refractivity contribution in [2.45, 2.75) is 46.1 Å². The molecule has 0 radical (unpaired) electrons. The smallest absolute Gasteiger partial charge is 0.147 e. The van der Waals surface area contributed by atoms with E-state index in [9.17, 15) is 0 Å². The third-order valence-electron chi connectivity index (χ3n) is 4.21. The fourth-order valence-corrected chi connectivity index (χ4v) is 2.61. The average Bonchev–Trinajstić information content (AvgIpc) is 3.33. The van der Waals surface area contributed by atoms with Gasteiger partial charge in [0.25, 0.3) is 0 Å². The first kappa shape index (κ1) is 14.8. The number of rotatable bonds is 9. The summed E-state index contributed by atoms with van der Waals surface area (Å²) in [5.74, 6) is 3.54. The van der Waals surface area contributed by atoms with Crippen LogP contribution in [0.5, 0.6) is 0 Å². The van der Waals surface area contributed by atoms with Crippen LogP contribution in [0.3, 0.4) is 0 Å². The molecule has 116 valence electrons. The van der Waals surface area contributed by atoms with Crippen LogP contribution in [-0.2, 0) is 6.54 Å². The molecule has 3 rings (SSSR count). The van der Waals surface area contributed by atoms with Gasteiger partial charge in [-0.15, -0.1) is 0 Å². The molecular weight excluding hydrogens is 260 g/mol. The summed E-state index contributed by atoms with van der Waals surface area (Å²) >= 11 is 0. The van der Waals surface area contributed by atoms with Gasteiger partial charge in [0.15, 0.2) is 0 Å². The van der Waals surface area contributed by atoms with Crippen molar-refractivity contribution in [3.05, 3.63) is 18.1 Å². The average molecular weight is 288 g/mol. The molecule has 1 aromatic heterocycles. The Morgan fingerprint density at radius 2 is 1.81 bits per heavy atom. The van der Waals surface area contributed by atoms with E-state index in [1.54, 1.807) is 0 Å². The lowest BCUT2D eigenvalue weighted by atomic mass is 10.2. The predicted octanol–water partition coefficient (Wildman–Crippen LogP) is 2.85. The molecule has 21 heavy (non-hydrogen) atoms. The normalized spacial score (nSPS) is 18.2. The highest BCUT2D eigenvalue weighted by atomic mass is 15.2. The molecule has 1 aromatic rings. The van der Waals surface area contributed by atoms with E-state index in [-0.39, 0.29) is 0 Å². The van der Waals surface area contributed by atoms with E-state index < -0.39 is 0 Å². The molecule has 0 amide bonds. The standard InChI is InChI=1S/C17H28N4/c1-13(2)7-18-8-16-9-19-10-17(20-16)21(11-14-3-4-14)12-15-5-6-15/h9-10,13-15,18H,3-8,11-12H2,1-2H3. The van der Waals surface area contributed by atoms with Crippen molar-refractivity contribution in [1.82, 2.24) is 15.3 Å². The Morgan fingerprint density at radius 1 is 1.14 bits per heavy atom. The molecular formula is C17H28N4. The molecule has 0 aromatic carbocycles. The highest BCUT2D eigenvalue weighted by Gasteiger charge is 2.30. The minimum atomic E-state index is 0.669. The van der Waals surface area contributed by atoms with Crippen molar-refractivity contribution in [1.29, 1.82) is 0 Å². The van der Waals surface area contributed by atoms with Crippen molar-refractivity contribution in [2.24, 2.45) is 17.8 Å². The lowest BCUT2D eigenvalue weighted by Gasteiger charge is -2.23. The van der Waals surface area contributed by atoms with Gasteiger partial charge in [0, 0.05) is 25.8 Å². The molecule has 0 bridgehead atoms. The zero-order valence-electron chi connectivity index (χ0n) is 13.4. The Bertz CT molecular complexity index is 438. The monoisotopic (exact) mass is 288 g/mol. The van der Waals surface area contributed by atoms with Gasteiger partial charge in [0.05, 0.1) is 11.9 Å². The predicted molar refractivity (Wildman–Crippen MR) is 86.2 cm³/mol. The van der Waals surface area contributed by atoms with Crippen LogP contribution in [-0.4, -0.2) is 29.6 Å². The van der Waals surface area contributed by atoms with Gasteiger partial charge >= 0.3 is 0 Å². The molecule has 4 heteroatoms. The molecule has 1 heterocycles. The van der Waals surface area contributed by atoms with Crippen LogP contribution < -0.4 is 10.2 Å². The summed E-state index contributed by atoms with van der Waals surface area (Å²) in [6.07, 6.45) is 9.41. The zero-order valence-corrected chi connectivity index (χ0v) is 13.4. The molecule has 2 fully saturated rings. The molecule has 0 aliphatic heterocycles. The summed E-state index contributed by atoms with van der Waals surface area (Å²) in [4.78, 5) is 11.7. The van der Waals surface area contributed by atoms with E-state index in [0.29, 0.717) is 5.92 Å². The highest BCUT2D eigenvalue weighted by Crippen LogP contribution is 2.35. The van der Waals surface area contributed by atoms with E-state index in [4.69, 9.17) is 4.98 Å². The Kier molecular flexibility index (Phi) is 4.73. The zero-order chi connectivity index (χ0) is 14.7. The second kappa shape index (κ2) is 6.73. The van der Waals surface area contributed by atoms with Gasteiger partial charge in [-0.05, 0) is 50.0 Å². The van der Waals surface area contributed by atoms with Crippen LogP contribution in [0.2, 0.25) is 0 Å². The molecule has 0 saturated heterocycles. The number of nitrogens with zero attached hydrogens (tertiary/aromatic N) is 3. The second-order valence-corrected chi connectivity index (χ2v) is 7.19. The molecule has 0 unspecified atom stereocenters. The number of nitrogens with one attached hydrogen (secondary N) is 1. The Balaban J connectivity index is 1.60. The largest absolute Gasteiger partial charge is 0.355 e. The van der Waals surface area contributed by atoms with Crippen LogP contribution in [0.4, 0.5) is 5.82 Å². The Morgan fingerprint density at radius 3 is 2.38 bits per heavy atom. The van der Waals surface area contributed by atoms with Crippen molar-refractivity contribution in [3.63, 3.8) is 0 Å². The van der Waals surface area contributed by atoms with Crippen molar-refractivity contribution in [2.75, 3.05) is 24.5 Å². The van der Waals surface area contributed by atoms with Gasteiger partial charge < -0.3 is 10.2 Å². The van der Waals surface area contributed by atoms with Crippen molar-refractivity contribution < 1.29 is 0 Å². The summed E-state index contributed by atoms with van der Waals surface area (Å²) in [6.45, 7) is 8.64. The van der Waals surface area contributed by atoms with Gasteiger partial charge in [-0.1, -0.05) is 13.8 Å². The van der Waals surface area contributed by atoms with Gasteiger partial charge in [0.1, 0.15) is 5.82 Å². The fraction of sp³-hybridized carbons (Fsp3) is 0.765. The molecule has 1 N–H and O–H groups in total. The maximum atomic E-state index is 4.83. The number of hydrogen-bond donors (Lipinski definition) is 1. The molecule has 0 atom stereocenters. The van der Waals surface area contributed by atoms with Crippen LogP contribution in [0.25, 0.3) is 0 Å². The first-order chi connectivity index (χ1) is 10.2. The lowest BCUT2D eigenvalue weighted by Crippen LogP contribution is -2.29. The quantitative estimate of drug-likeness (QED) is 0.758. The van der Waals surface area contributed by atoms with Gasteiger partial charge in [0.2, 0.25) is 0 Å². The second-order valence-electron chi connectivity index (χ2n) is 7.19. The first-order valence-corrected chi connectivity index (χ1v) is 8.47. The third kappa shape index (κ3) is 4.95. The van der Waals surface area contributed by atoms with Crippen molar-refractivity contribution in [3.8, 4) is 0 Å². The molecule has 2 aliphatic carbocycles. The lowest BCUT2D eigenvalue weighted by molar-refractivity contribution is 0.547. The minimum absolute atomic E-state index is 0.669. The summed E-state index contributed by atoms with van der Waals surface area (Å²) in [7, 11) is 0. The maximum absolute atomic E-state index is 4.83. The molecule has 4 nitrogen and oxygen atoms in total. The number of aromatic nitrogens is 2. The fourth-order valence-electron chi connectivity index (χ4n) is 2.61. The van der Waals surface area contributed by atoms with Crippen LogP contribution in [0.1, 0.15) is 45.2 Å². The van der Waals surface area contributed by atoms with E-state index in [1.807, 2.05) is 12.4 Å². The van der Waals surface area contributed by atoms with E-state index in [0.717, 1.165) is 36.4 Å². The van der Waals surface area contributed by atoms with Crippen molar-refractivity contribution >= 4 is 5.82 Å². The topological polar surface area (TPSA) is 41.1 Å². The molecule has 2 saturated carbocycles. The van der Waals surface area contributed by atoms with E-state index >= 15 is 0 Å². The Hall–Kier alpha value is -1.16. The molecule has 2 aliphatic rings. The van der Waals surface area contributed by atoms with Gasteiger partial charge in [-0.25, -0.2) is 4.98 Å². The van der Waals surface area contributed by atoms with Crippen LogP contribution in [0.15, 0.2) is 12.4 Å². The summed E-state index contributed by atoms with van der Waals surface area (Å²) in [5, 5.41) is 3.45. The number of anilines is 1. The molecule has 0 spiro atoms. The Labute approximate surface area is 128 Å². The van der Waals surface area contributed by atoms with Gasteiger partial charge in [-0.3, -0.25) is 4.98 Å². The summed E-state index contributed by atoms with van der Waals surface area (Å²) < 4.78 is 0. The van der Waals surface area contributed by atoms with E-state index in [2.05, 4.69) is 29.0 Å². The number of hydrogen-bond acceptors (Lipinski definition) is 4. The van der Waals surface area contributed by atoms with Gasteiger partial charge in [-0.2, -0.15) is 0 Å². The highest BCUT2D eigenvalue weighted by molar-refractivity contribution is 5.37. The van der Waals surface area contributed by atoms with Crippen LogP contribution >= 0.6 is 0 Å². The first-order valence-electron chi connectivity index (χ1n) is 8.47. The SMILES string of the molecule is CC(C)CNCc1cncc(N(CC2CC2)CC2CC2)n1. The van der Waals surface area contributed by atoms with Crippen LogP contribution in [0, 0.1) is 17.8 Å². The maximum Gasteiger partial charge on any atom is 0.147 e. The summed E-state index contributed by atoms with van der Waals surface area (Å²) in [5.41, 5.74) is 1.06. The van der Waals surface area contributed by atoms with E-state index in [1.165, 1.54) is 38.8 Å². The third-order valence-corrected chi connectivity index (χ3v) is 4.21. The minimum Gasteiger partial charge on any atom is -0.355 e. The summed E-state index contributed by atoms with van der Waals surface area (Å²) in [6, 6.07) is 0.